The molecule has 1 rings (SSSR count). The molecule has 1 aromatic rings. The van der Waals surface area contributed by atoms with E-state index in [1.165, 1.54) is 0 Å². The molecule has 0 unspecified atom stereocenters. The van der Waals surface area contributed by atoms with Crippen LogP contribution in [0, 0.1) is 0 Å². The fraction of sp³-hybridized carbons (Fsp3) is 0.562. The number of rotatable bonds is 7. The summed E-state index contributed by atoms with van der Waals surface area (Å²) in [5.41, 5.74) is 0.448. The van der Waals surface area contributed by atoms with E-state index < -0.39 is 5.54 Å². The molecule has 3 N–H and O–H groups in total. The Hall–Kier alpha value is -1.59. The van der Waals surface area contributed by atoms with Gasteiger partial charge in [-0.3, -0.25) is 0 Å². The van der Waals surface area contributed by atoms with Gasteiger partial charge in [0.15, 0.2) is 0 Å². The van der Waals surface area contributed by atoms with Crippen molar-refractivity contribution in [1.82, 2.24) is 15.5 Å². The lowest BCUT2D eigenvalue weighted by Gasteiger charge is -2.27. The van der Waals surface area contributed by atoms with Gasteiger partial charge in [0, 0.05) is 0 Å². The van der Waals surface area contributed by atoms with Crippen molar-refractivity contribution in [3.8, 4) is 0 Å². The van der Waals surface area contributed by atoms with Gasteiger partial charge in [0.05, 0.1) is 18.2 Å². The van der Waals surface area contributed by atoms with E-state index in [-0.39, 0.29) is 18.7 Å². The minimum absolute atomic E-state index is 0.0527. The molecule has 21 heavy (non-hydrogen) atoms. The number of aliphatic hydroxyl groups is 1. The Kier molecular flexibility index (Phi) is 6.65. The minimum Gasteiger partial charge on any atom is -0.394 e. The summed E-state index contributed by atoms with van der Waals surface area (Å²) in [5.74, 6) is 0. The van der Waals surface area contributed by atoms with Crippen molar-refractivity contribution < 1.29 is 9.90 Å². The van der Waals surface area contributed by atoms with Crippen LogP contribution in [-0.2, 0) is 0 Å². The zero-order valence-electron chi connectivity index (χ0n) is 13.4. The summed E-state index contributed by atoms with van der Waals surface area (Å²) in [5, 5.41) is 15.0. The van der Waals surface area contributed by atoms with E-state index in [0.717, 1.165) is 18.5 Å². The number of hydrogen-bond donors (Lipinski definition) is 3. The lowest BCUT2D eigenvalue weighted by atomic mass is 10.0. The second-order valence-electron chi connectivity index (χ2n) is 6.20. The van der Waals surface area contributed by atoms with Crippen LogP contribution in [-0.4, -0.2) is 48.8 Å². The van der Waals surface area contributed by atoms with Gasteiger partial charge in [-0.25, -0.2) is 4.79 Å². The van der Waals surface area contributed by atoms with Crippen LogP contribution in [0.5, 0.6) is 0 Å². The third-order valence-corrected chi connectivity index (χ3v) is 3.22. The molecule has 1 aromatic carbocycles. The van der Waals surface area contributed by atoms with Crippen LogP contribution in [0.1, 0.15) is 31.9 Å². The van der Waals surface area contributed by atoms with E-state index in [9.17, 15) is 9.90 Å². The summed E-state index contributed by atoms with van der Waals surface area (Å²) >= 11 is 0. The van der Waals surface area contributed by atoms with Crippen LogP contribution in [0.25, 0.3) is 0 Å². The smallest absolute Gasteiger partial charge is 0.315 e. The molecule has 0 aliphatic carbocycles. The zero-order valence-corrected chi connectivity index (χ0v) is 13.4. The number of nitrogens with zero attached hydrogens (tertiary/aromatic N) is 1. The third kappa shape index (κ3) is 6.60. The van der Waals surface area contributed by atoms with E-state index in [1.54, 1.807) is 13.8 Å². The number of benzene rings is 1. The Balaban J connectivity index is 2.71. The number of aliphatic hydroxyl groups excluding tert-OH is 1. The number of carbonyl (C=O) groups excluding carboxylic acids is 1. The van der Waals surface area contributed by atoms with Crippen molar-refractivity contribution in [2.24, 2.45) is 0 Å². The van der Waals surface area contributed by atoms with Gasteiger partial charge in [-0.2, -0.15) is 0 Å². The van der Waals surface area contributed by atoms with Crippen LogP contribution in [0.2, 0.25) is 0 Å². The van der Waals surface area contributed by atoms with Gasteiger partial charge in [-0.15, -0.1) is 0 Å². The molecule has 0 aliphatic heterocycles. The van der Waals surface area contributed by atoms with Crippen LogP contribution in [0.4, 0.5) is 4.79 Å². The molecule has 2 amide bonds. The summed E-state index contributed by atoms with van der Waals surface area (Å²) in [6, 6.07) is 9.60. The molecule has 5 heteroatoms. The molecular formula is C16H27N3O2. The Morgan fingerprint density at radius 3 is 2.43 bits per heavy atom. The van der Waals surface area contributed by atoms with Crippen molar-refractivity contribution in [3.63, 3.8) is 0 Å². The molecule has 1 atom stereocenters. The number of amides is 2. The lowest BCUT2D eigenvalue weighted by Crippen LogP contribution is -2.51. The number of hydrogen-bond acceptors (Lipinski definition) is 3. The normalized spacial score (nSPS) is 13.0. The first-order valence-corrected chi connectivity index (χ1v) is 7.23. The molecule has 0 fully saturated rings. The zero-order chi connectivity index (χ0) is 15.9. The van der Waals surface area contributed by atoms with Crippen LogP contribution in [0.3, 0.4) is 0 Å². The monoisotopic (exact) mass is 293 g/mol. The number of carbonyl (C=O) groups is 1. The van der Waals surface area contributed by atoms with E-state index >= 15 is 0 Å². The molecular weight excluding hydrogens is 266 g/mol. The van der Waals surface area contributed by atoms with Crippen molar-refractivity contribution in [1.29, 1.82) is 0 Å². The van der Waals surface area contributed by atoms with E-state index in [2.05, 4.69) is 15.5 Å². The first kappa shape index (κ1) is 17.5. The van der Waals surface area contributed by atoms with Gasteiger partial charge in [-0.05, 0) is 46.5 Å². The highest BCUT2D eigenvalue weighted by atomic mass is 16.3. The van der Waals surface area contributed by atoms with Gasteiger partial charge < -0.3 is 20.6 Å². The summed E-state index contributed by atoms with van der Waals surface area (Å²) in [4.78, 5) is 14.2. The van der Waals surface area contributed by atoms with E-state index in [4.69, 9.17) is 0 Å². The molecule has 0 aliphatic rings. The first-order valence-electron chi connectivity index (χ1n) is 7.23. The van der Waals surface area contributed by atoms with Crippen LogP contribution < -0.4 is 10.6 Å². The van der Waals surface area contributed by atoms with Gasteiger partial charge >= 0.3 is 6.03 Å². The topological polar surface area (TPSA) is 64.6 Å². The van der Waals surface area contributed by atoms with Crippen molar-refractivity contribution in [2.75, 3.05) is 27.2 Å². The van der Waals surface area contributed by atoms with E-state index in [1.807, 2.05) is 44.4 Å². The lowest BCUT2D eigenvalue weighted by molar-refractivity contribution is 0.179. The molecule has 0 saturated carbocycles. The molecule has 0 heterocycles. The summed E-state index contributed by atoms with van der Waals surface area (Å²) in [6.07, 6.45) is 0.823. The fourth-order valence-corrected chi connectivity index (χ4v) is 1.94. The second-order valence-corrected chi connectivity index (χ2v) is 6.20. The maximum atomic E-state index is 12.1. The number of urea groups is 1. The highest BCUT2D eigenvalue weighted by Crippen LogP contribution is 2.16. The van der Waals surface area contributed by atoms with Gasteiger partial charge in [0.1, 0.15) is 0 Å². The Morgan fingerprint density at radius 2 is 1.90 bits per heavy atom. The van der Waals surface area contributed by atoms with Crippen LogP contribution in [0.15, 0.2) is 30.3 Å². The molecule has 0 radical (unpaired) electrons. The van der Waals surface area contributed by atoms with Crippen molar-refractivity contribution in [2.45, 2.75) is 31.8 Å². The SMILES string of the molecule is CN(C)CC[C@@H](NC(=O)NC(C)(C)CO)c1ccccc1. The largest absolute Gasteiger partial charge is 0.394 e. The molecule has 0 spiro atoms. The van der Waals surface area contributed by atoms with Crippen LogP contribution >= 0.6 is 0 Å². The Morgan fingerprint density at radius 1 is 1.29 bits per heavy atom. The van der Waals surface area contributed by atoms with Gasteiger partial charge in [-0.1, -0.05) is 30.3 Å². The van der Waals surface area contributed by atoms with Crippen molar-refractivity contribution in [3.05, 3.63) is 35.9 Å². The summed E-state index contributed by atoms with van der Waals surface area (Å²) < 4.78 is 0. The standard InChI is InChI=1S/C16H27N3O2/c1-16(2,12-20)18-15(21)17-14(10-11-19(3)4)13-8-6-5-7-9-13/h5-9,14,20H,10-12H2,1-4H3,(H2,17,18,21)/t14-/m1/s1. The molecule has 0 bridgehead atoms. The first-order chi connectivity index (χ1) is 9.84. The fourth-order valence-electron chi connectivity index (χ4n) is 1.94. The third-order valence-electron chi connectivity index (χ3n) is 3.22. The molecule has 0 saturated heterocycles. The number of nitrogens with one attached hydrogen (secondary N) is 2. The summed E-state index contributed by atoms with van der Waals surface area (Å²) in [7, 11) is 4.02. The summed E-state index contributed by atoms with van der Waals surface area (Å²) in [6.45, 7) is 4.34. The molecule has 5 nitrogen and oxygen atoms in total. The minimum atomic E-state index is -0.632. The maximum Gasteiger partial charge on any atom is 0.315 e. The average molecular weight is 293 g/mol. The highest BCUT2D eigenvalue weighted by molar-refractivity contribution is 5.75. The van der Waals surface area contributed by atoms with Crippen molar-refractivity contribution >= 4 is 6.03 Å². The Labute approximate surface area is 127 Å². The van der Waals surface area contributed by atoms with Gasteiger partial charge in [0.25, 0.3) is 0 Å². The quantitative estimate of drug-likeness (QED) is 0.717. The van der Waals surface area contributed by atoms with Gasteiger partial charge in [0.2, 0.25) is 0 Å². The highest BCUT2D eigenvalue weighted by Gasteiger charge is 2.21. The average Bonchev–Trinajstić information content (AvgIpc) is 2.43. The predicted molar refractivity (Wildman–Crippen MR) is 85.2 cm³/mol. The second kappa shape index (κ2) is 8.00. The molecule has 118 valence electrons. The molecule has 0 aromatic heterocycles. The Bertz CT molecular complexity index is 432. The predicted octanol–water partition coefficient (Wildman–Crippen LogP) is 1.75. The van der Waals surface area contributed by atoms with E-state index in [0.29, 0.717) is 0 Å². The maximum absolute atomic E-state index is 12.1.